The third-order valence-electron chi connectivity index (χ3n) is 12.9. The monoisotopic (exact) mass is 872 g/mol. The minimum absolute atomic E-state index is 0.0732. The molecule has 5 rings (SSSR count). The van der Waals surface area contributed by atoms with E-state index in [-0.39, 0.29) is 36.6 Å². The maximum Gasteiger partial charge on any atom is 0.317 e. The molecule has 0 spiro atoms. The van der Waals surface area contributed by atoms with Gasteiger partial charge in [-0.05, 0) is 80.1 Å². The molecule has 18 heteroatoms. The standard InChI is InChI=1S/C43H64N6O11S/c1-14-29-43(9)31(30(40(53)59-43)36(44)48-60-26(7)37-46-47-38(61-37)27-17-15-16-18-45-27)23(4)32(50)21(2)20-42(8,55-13)35(24(5)33(51)25(6)39(52)57-29)58-41-34(54-12)28(49(10)11)19-22(3)56-41/h15-18,21-26,28-31,34-35,41H,14,19-20H2,1-13H3,(H2,44,48)/t21-,22-,23-,24+,25-,26+,28+,29+,30-,31+,34-,35-,41+,42-,43-/m1/s1. The molecule has 3 aliphatic heterocycles. The van der Waals surface area contributed by atoms with Gasteiger partial charge in [0.25, 0.3) is 0 Å². The summed E-state index contributed by atoms with van der Waals surface area (Å²) >= 11 is 1.27. The summed E-state index contributed by atoms with van der Waals surface area (Å²) in [6.07, 6.45) is -1.86. The smallest absolute Gasteiger partial charge is 0.317 e. The fraction of sp³-hybridized carbons (Fsp3) is 0.721. The number of cyclic esters (lactones) is 1. The van der Waals surface area contributed by atoms with Crippen molar-refractivity contribution in [1.29, 1.82) is 0 Å². The Morgan fingerprint density at radius 1 is 1.03 bits per heavy atom. The van der Waals surface area contributed by atoms with E-state index in [0.717, 1.165) is 0 Å². The van der Waals surface area contributed by atoms with Crippen molar-refractivity contribution in [1.82, 2.24) is 20.1 Å². The molecule has 3 fully saturated rings. The number of nitrogens with two attached hydrogens (primary N) is 1. The highest BCUT2D eigenvalue weighted by Gasteiger charge is 2.63. The number of esters is 2. The lowest BCUT2D eigenvalue weighted by Gasteiger charge is -2.47. The molecule has 5 heterocycles. The van der Waals surface area contributed by atoms with Crippen LogP contribution in [-0.2, 0) is 52.4 Å². The van der Waals surface area contributed by atoms with Gasteiger partial charge in [-0.25, -0.2) is 0 Å². The van der Waals surface area contributed by atoms with Crippen LogP contribution in [0.2, 0.25) is 0 Å². The van der Waals surface area contributed by atoms with Gasteiger partial charge in [-0.1, -0.05) is 50.3 Å². The van der Waals surface area contributed by atoms with Crippen molar-refractivity contribution >= 4 is 40.7 Å². The number of amidine groups is 1. The Bertz CT molecular complexity index is 1900. The molecule has 0 unspecified atom stereocenters. The number of pyridine rings is 1. The first-order valence-corrected chi connectivity index (χ1v) is 21.8. The van der Waals surface area contributed by atoms with Crippen LogP contribution >= 0.6 is 11.3 Å². The summed E-state index contributed by atoms with van der Waals surface area (Å²) in [5.74, 6) is -8.59. The van der Waals surface area contributed by atoms with E-state index < -0.39 is 95.1 Å². The second-order valence-corrected chi connectivity index (χ2v) is 18.4. The van der Waals surface area contributed by atoms with Crippen LogP contribution in [0.25, 0.3) is 10.7 Å². The molecule has 2 aromatic heterocycles. The van der Waals surface area contributed by atoms with Gasteiger partial charge in [-0.15, -0.1) is 10.2 Å². The Morgan fingerprint density at radius 3 is 2.34 bits per heavy atom. The molecule has 0 aliphatic carbocycles. The van der Waals surface area contributed by atoms with Crippen molar-refractivity contribution in [3.63, 3.8) is 0 Å². The summed E-state index contributed by atoms with van der Waals surface area (Å²) in [5, 5.41) is 13.7. The van der Waals surface area contributed by atoms with E-state index >= 15 is 0 Å². The maximum absolute atomic E-state index is 14.8. The molecule has 61 heavy (non-hydrogen) atoms. The molecule has 15 atom stereocenters. The number of nitrogens with zero attached hydrogens (tertiary/aromatic N) is 5. The number of likely N-dealkylation sites (N-methyl/N-ethyl adjacent to an activating group) is 1. The number of hydrogen-bond donors (Lipinski definition) is 1. The summed E-state index contributed by atoms with van der Waals surface area (Å²) in [6, 6.07) is 5.39. The summed E-state index contributed by atoms with van der Waals surface area (Å²) in [4.78, 5) is 69.6. The minimum atomic E-state index is -1.56. The number of methoxy groups -OCH3 is 2. The first-order valence-electron chi connectivity index (χ1n) is 21.0. The number of aromatic nitrogens is 3. The number of rotatable bonds is 11. The molecular weight excluding hydrogens is 809 g/mol. The SMILES string of the molecule is CC[C@@H]1OC(=O)[C@H](C)C(=O)[C@H](C)[C@@H](O[C@@H]2O[C@H](C)C[C@H](N(C)C)[C@H]2OC)[C@](C)(OC)C[C@@H](C)C(=O)[C@H](C)[C@H]2[C@H](/C(N)=N/O[C@@H](C)c3nnc(-c4ccccn4)s3)C(=O)O[C@@]21C. The number of carbonyl (C=O) groups excluding carboxylic acids is 4. The van der Waals surface area contributed by atoms with E-state index in [1.165, 1.54) is 25.4 Å². The highest BCUT2D eigenvalue weighted by atomic mass is 32.1. The van der Waals surface area contributed by atoms with Crippen LogP contribution in [-0.4, -0.2) is 126 Å². The van der Waals surface area contributed by atoms with E-state index in [4.69, 9.17) is 39.0 Å². The lowest BCUT2D eigenvalue weighted by atomic mass is 9.67. The van der Waals surface area contributed by atoms with Gasteiger partial charge in [0.05, 0.1) is 17.8 Å². The van der Waals surface area contributed by atoms with Gasteiger partial charge >= 0.3 is 11.9 Å². The summed E-state index contributed by atoms with van der Waals surface area (Å²) < 4.78 is 37.6. The number of ketones is 2. The Kier molecular flexibility index (Phi) is 15.5. The van der Waals surface area contributed by atoms with Gasteiger partial charge in [0.15, 0.2) is 39.6 Å². The molecule has 338 valence electrons. The first-order chi connectivity index (χ1) is 28.7. The normalized spacial score (nSPS) is 37.4. The topological polar surface area (TPSA) is 213 Å². The highest BCUT2D eigenvalue weighted by Crippen LogP contribution is 2.48. The van der Waals surface area contributed by atoms with Gasteiger partial charge < -0.3 is 43.9 Å². The zero-order chi connectivity index (χ0) is 45.1. The van der Waals surface area contributed by atoms with Crippen molar-refractivity contribution in [3.05, 3.63) is 29.4 Å². The van der Waals surface area contributed by atoms with E-state index in [2.05, 4.69) is 20.3 Å². The largest absolute Gasteiger partial charge is 0.458 e. The number of carbonyl (C=O) groups is 4. The van der Waals surface area contributed by atoms with Crippen LogP contribution < -0.4 is 5.73 Å². The van der Waals surface area contributed by atoms with Crippen molar-refractivity contribution in [3.8, 4) is 10.7 Å². The van der Waals surface area contributed by atoms with Crippen LogP contribution in [0, 0.1) is 35.5 Å². The van der Waals surface area contributed by atoms with E-state index in [1.54, 1.807) is 67.8 Å². The van der Waals surface area contributed by atoms with Crippen LogP contribution in [0.15, 0.2) is 29.6 Å². The quantitative estimate of drug-likeness (QED) is 0.106. The number of ether oxygens (including phenoxy) is 6. The van der Waals surface area contributed by atoms with Crippen LogP contribution in [0.4, 0.5) is 0 Å². The molecule has 3 saturated heterocycles. The number of oxime groups is 1. The number of Topliss-reactive ketones (excluding diaryl/α,β-unsaturated/α-hetero) is 2. The van der Waals surface area contributed by atoms with Gasteiger partial charge in [0.1, 0.15) is 35.5 Å². The van der Waals surface area contributed by atoms with E-state index in [1.807, 2.05) is 38.1 Å². The van der Waals surface area contributed by atoms with Crippen molar-refractivity contribution in [2.24, 2.45) is 46.4 Å². The minimum Gasteiger partial charge on any atom is -0.458 e. The fourth-order valence-electron chi connectivity index (χ4n) is 9.42. The van der Waals surface area contributed by atoms with Crippen LogP contribution in [0.5, 0.6) is 0 Å². The van der Waals surface area contributed by atoms with E-state index in [9.17, 15) is 19.2 Å². The lowest BCUT2D eigenvalue weighted by Crippen LogP contribution is -2.60. The van der Waals surface area contributed by atoms with Crippen LogP contribution in [0.1, 0.15) is 92.7 Å². The highest BCUT2D eigenvalue weighted by molar-refractivity contribution is 7.14. The zero-order valence-corrected chi connectivity index (χ0v) is 38.5. The molecule has 0 amide bonds. The van der Waals surface area contributed by atoms with E-state index in [0.29, 0.717) is 22.1 Å². The second-order valence-electron chi connectivity index (χ2n) is 17.4. The molecule has 0 bridgehead atoms. The Morgan fingerprint density at radius 2 is 1.74 bits per heavy atom. The van der Waals surface area contributed by atoms with Crippen molar-refractivity contribution < 1.29 is 52.4 Å². The Labute approximate surface area is 362 Å². The molecule has 2 aromatic rings. The maximum atomic E-state index is 14.8. The molecule has 0 aromatic carbocycles. The average Bonchev–Trinajstić information content (AvgIpc) is 3.84. The third-order valence-corrected chi connectivity index (χ3v) is 14.0. The third kappa shape index (κ3) is 9.84. The zero-order valence-electron chi connectivity index (χ0n) is 37.6. The molecular formula is C43H64N6O11S. The molecule has 0 saturated carbocycles. The van der Waals surface area contributed by atoms with Crippen molar-refractivity contribution in [2.45, 2.75) is 136 Å². The molecule has 3 aliphatic rings. The summed E-state index contributed by atoms with van der Waals surface area (Å²) in [6.45, 7) is 15.5. The average molecular weight is 873 g/mol. The number of fused-ring (bicyclic) bond motifs is 1. The van der Waals surface area contributed by atoms with Gasteiger partial charge in [0.2, 0.25) is 0 Å². The predicted molar refractivity (Wildman–Crippen MR) is 225 cm³/mol. The van der Waals surface area contributed by atoms with Gasteiger partial charge in [0, 0.05) is 50.1 Å². The molecule has 17 nitrogen and oxygen atoms in total. The fourth-order valence-corrected chi connectivity index (χ4v) is 10.2. The van der Waals surface area contributed by atoms with Crippen molar-refractivity contribution in [2.75, 3.05) is 28.3 Å². The first kappa shape index (κ1) is 48.1. The van der Waals surface area contributed by atoms with Gasteiger partial charge in [-0.2, -0.15) is 0 Å². The Balaban J connectivity index is 1.51. The Hall–Kier alpha value is -3.94. The number of hydrogen-bond acceptors (Lipinski definition) is 17. The van der Waals surface area contributed by atoms with Crippen LogP contribution in [0.3, 0.4) is 0 Å². The molecule has 2 N–H and O–H groups in total. The van der Waals surface area contributed by atoms with Gasteiger partial charge in [-0.3, -0.25) is 24.2 Å². The summed E-state index contributed by atoms with van der Waals surface area (Å²) in [5.41, 5.74) is 4.42. The molecule has 0 radical (unpaired) electrons. The lowest BCUT2D eigenvalue weighted by molar-refractivity contribution is -0.299. The predicted octanol–water partition coefficient (Wildman–Crippen LogP) is 4.78. The summed E-state index contributed by atoms with van der Waals surface area (Å²) in [7, 11) is 6.99. The second kappa shape index (κ2) is 19.6.